The van der Waals surface area contributed by atoms with Gasteiger partial charge in [0.25, 0.3) is 0 Å². The fourth-order valence-corrected chi connectivity index (χ4v) is 3.60. The molecule has 1 saturated heterocycles. The van der Waals surface area contributed by atoms with Crippen LogP contribution in [0.2, 0.25) is 5.02 Å². The molecule has 8 heteroatoms. The van der Waals surface area contributed by atoms with Crippen LogP contribution < -0.4 is 5.69 Å². The van der Waals surface area contributed by atoms with Crippen molar-refractivity contribution in [2.45, 2.75) is 30.5 Å². The number of hydrogen-bond acceptors (Lipinski definition) is 5. The van der Waals surface area contributed by atoms with Crippen molar-refractivity contribution in [1.29, 1.82) is 0 Å². The lowest BCUT2D eigenvalue weighted by atomic mass is 9.99. The normalized spacial score (nSPS) is 17.9. The number of nitrogens with one attached hydrogen (secondary N) is 1. The molecule has 4 rings (SSSR count). The molecule has 6 nitrogen and oxygen atoms in total. The highest BCUT2D eigenvalue weighted by Gasteiger charge is 2.27. The molecule has 1 atom stereocenters. The van der Waals surface area contributed by atoms with E-state index in [0.717, 1.165) is 36.1 Å². The number of thioether (sulfide) groups is 1. The number of fused-ring (bicyclic) bond motifs is 1. The maximum Gasteiger partial charge on any atom is 0.350 e. The van der Waals surface area contributed by atoms with Crippen molar-refractivity contribution < 1.29 is 4.74 Å². The van der Waals surface area contributed by atoms with Gasteiger partial charge in [-0.25, -0.2) is 9.78 Å². The molecule has 3 heterocycles. The third kappa shape index (κ3) is 3.07. The molecule has 0 amide bonds. The van der Waals surface area contributed by atoms with Crippen molar-refractivity contribution in [2.75, 3.05) is 12.9 Å². The highest BCUT2D eigenvalue weighted by atomic mass is 35.5. The minimum absolute atomic E-state index is 0.127. The van der Waals surface area contributed by atoms with Crippen LogP contribution in [0.5, 0.6) is 0 Å². The van der Waals surface area contributed by atoms with Gasteiger partial charge in [0.2, 0.25) is 0 Å². The summed E-state index contributed by atoms with van der Waals surface area (Å²) in [4.78, 5) is 19.7. The summed E-state index contributed by atoms with van der Waals surface area (Å²) in [5, 5.41) is 5.77. The van der Waals surface area contributed by atoms with Crippen LogP contribution in [0.3, 0.4) is 0 Å². The highest BCUT2D eigenvalue weighted by molar-refractivity contribution is 7.98. The van der Waals surface area contributed by atoms with Gasteiger partial charge in [0.1, 0.15) is 11.8 Å². The number of hydrogen-bond donors (Lipinski definition) is 1. The smallest absolute Gasteiger partial charge is 0.350 e. The Labute approximate surface area is 153 Å². The van der Waals surface area contributed by atoms with E-state index in [1.165, 1.54) is 16.3 Å². The van der Waals surface area contributed by atoms with Gasteiger partial charge in [-0.3, -0.25) is 4.98 Å². The molecular weight excluding hydrogens is 360 g/mol. The molecule has 1 aliphatic rings. The van der Waals surface area contributed by atoms with Gasteiger partial charge in [-0.15, -0.1) is 0 Å². The van der Waals surface area contributed by atoms with E-state index in [-0.39, 0.29) is 11.8 Å². The zero-order valence-electron chi connectivity index (χ0n) is 13.7. The third-order valence-corrected chi connectivity index (χ3v) is 5.14. The molecule has 1 fully saturated rings. The first-order chi connectivity index (χ1) is 12.2. The van der Waals surface area contributed by atoms with Crippen molar-refractivity contribution in [2.24, 2.45) is 0 Å². The average Bonchev–Trinajstić information content (AvgIpc) is 3.03. The summed E-state index contributed by atoms with van der Waals surface area (Å²) in [5.41, 5.74) is 2.77. The average molecular weight is 377 g/mol. The lowest BCUT2D eigenvalue weighted by Gasteiger charge is -2.21. The van der Waals surface area contributed by atoms with Crippen LogP contribution in [0.25, 0.3) is 16.8 Å². The maximum atomic E-state index is 12.4. The number of halogens is 1. The summed E-state index contributed by atoms with van der Waals surface area (Å²) in [6.07, 6.45) is 4.77. The summed E-state index contributed by atoms with van der Waals surface area (Å²) in [6.45, 7) is 0.707. The quantitative estimate of drug-likeness (QED) is 0.705. The van der Waals surface area contributed by atoms with Crippen LogP contribution in [0, 0.1) is 0 Å². The Balaban J connectivity index is 1.99. The Bertz CT molecular complexity index is 961. The summed E-state index contributed by atoms with van der Waals surface area (Å²) < 4.78 is 7.26. The van der Waals surface area contributed by atoms with E-state index < -0.39 is 0 Å². The Morgan fingerprint density at radius 1 is 1.32 bits per heavy atom. The lowest BCUT2D eigenvalue weighted by Crippen LogP contribution is -2.19. The maximum absolute atomic E-state index is 12.4. The topological polar surface area (TPSA) is 72.3 Å². The number of aromatic nitrogens is 4. The molecule has 1 N–H and O–H groups in total. The largest absolute Gasteiger partial charge is 0.372 e. The van der Waals surface area contributed by atoms with E-state index in [4.69, 9.17) is 16.3 Å². The molecule has 1 unspecified atom stereocenters. The van der Waals surface area contributed by atoms with E-state index in [1.54, 1.807) is 0 Å². The Morgan fingerprint density at radius 3 is 2.80 bits per heavy atom. The minimum atomic E-state index is -0.299. The standard InChI is InChI=1S/C17H17ClN4O2S/c1-25-16-19-15-13(10-5-7-11(18)8-6-10)14(12-4-2-3-9-24-12)21-22(15)17(23)20-16/h5-8,12H,2-4,9H2,1H3,(H,19,20,23). The molecule has 0 bridgehead atoms. The van der Waals surface area contributed by atoms with Crippen molar-refractivity contribution in [3.8, 4) is 11.1 Å². The number of aromatic amines is 1. The molecule has 0 aliphatic carbocycles. The van der Waals surface area contributed by atoms with E-state index in [0.29, 0.717) is 22.4 Å². The monoisotopic (exact) mass is 376 g/mol. The summed E-state index contributed by atoms with van der Waals surface area (Å²) in [7, 11) is 0. The minimum Gasteiger partial charge on any atom is -0.372 e. The molecule has 0 radical (unpaired) electrons. The van der Waals surface area contributed by atoms with Crippen LogP contribution in [-0.4, -0.2) is 32.4 Å². The SMILES string of the molecule is CSc1nc2c(-c3ccc(Cl)cc3)c(C3CCCCO3)nn2c(=O)[nH]1. The zero-order chi connectivity index (χ0) is 17.4. The molecule has 1 aromatic carbocycles. The molecule has 130 valence electrons. The second kappa shape index (κ2) is 6.82. The molecule has 25 heavy (non-hydrogen) atoms. The van der Waals surface area contributed by atoms with Gasteiger partial charge in [-0.05, 0) is 43.2 Å². The highest BCUT2D eigenvalue weighted by Crippen LogP contribution is 2.36. The van der Waals surface area contributed by atoms with Crippen LogP contribution in [0.4, 0.5) is 0 Å². The summed E-state index contributed by atoms with van der Waals surface area (Å²) in [5.74, 6) is 0. The molecule has 2 aromatic heterocycles. The Kier molecular flexibility index (Phi) is 4.54. The summed E-state index contributed by atoms with van der Waals surface area (Å²) in [6, 6.07) is 7.50. The molecular formula is C17H17ClN4O2S. The van der Waals surface area contributed by atoms with Gasteiger partial charge in [0, 0.05) is 11.6 Å². The third-order valence-electron chi connectivity index (χ3n) is 4.31. The van der Waals surface area contributed by atoms with Gasteiger partial charge in [0.15, 0.2) is 10.8 Å². The van der Waals surface area contributed by atoms with Gasteiger partial charge in [-0.1, -0.05) is 35.5 Å². The van der Waals surface area contributed by atoms with Crippen LogP contribution in [0.1, 0.15) is 31.1 Å². The van der Waals surface area contributed by atoms with Gasteiger partial charge in [0.05, 0.1) is 5.56 Å². The second-order valence-electron chi connectivity index (χ2n) is 5.91. The van der Waals surface area contributed by atoms with E-state index >= 15 is 0 Å². The van der Waals surface area contributed by atoms with Crippen molar-refractivity contribution in [3.05, 3.63) is 45.5 Å². The number of H-pyrrole nitrogens is 1. The Morgan fingerprint density at radius 2 is 2.12 bits per heavy atom. The number of ether oxygens (including phenoxy) is 1. The molecule has 0 saturated carbocycles. The first kappa shape index (κ1) is 16.6. The molecule has 3 aromatic rings. The number of nitrogens with zero attached hydrogens (tertiary/aromatic N) is 3. The van der Waals surface area contributed by atoms with Crippen LogP contribution >= 0.6 is 23.4 Å². The van der Waals surface area contributed by atoms with Gasteiger partial charge < -0.3 is 4.74 Å². The Hall–Kier alpha value is -1.83. The van der Waals surface area contributed by atoms with Crippen LogP contribution in [-0.2, 0) is 4.74 Å². The zero-order valence-corrected chi connectivity index (χ0v) is 15.2. The van der Waals surface area contributed by atoms with Crippen molar-refractivity contribution >= 4 is 29.0 Å². The number of rotatable bonds is 3. The van der Waals surface area contributed by atoms with E-state index in [2.05, 4.69) is 15.1 Å². The van der Waals surface area contributed by atoms with E-state index in [9.17, 15) is 4.79 Å². The first-order valence-electron chi connectivity index (χ1n) is 8.12. The first-order valence-corrected chi connectivity index (χ1v) is 9.72. The van der Waals surface area contributed by atoms with Crippen LogP contribution in [0.15, 0.2) is 34.2 Å². The van der Waals surface area contributed by atoms with E-state index in [1.807, 2.05) is 30.5 Å². The molecule has 0 spiro atoms. The summed E-state index contributed by atoms with van der Waals surface area (Å²) >= 11 is 7.42. The predicted molar refractivity (Wildman–Crippen MR) is 98.4 cm³/mol. The predicted octanol–water partition coefficient (Wildman–Crippen LogP) is 3.70. The second-order valence-corrected chi connectivity index (χ2v) is 7.14. The fraction of sp³-hybridized carbons (Fsp3) is 0.353. The fourth-order valence-electron chi connectivity index (χ4n) is 3.11. The molecule has 1 aliphatic heterocycles. The lowest BCUT2D eigenvalue weighted by molar-refractivity contribution is 0.0125. The van der Waals surface area contributed by atoms with Crippen molar-refractivity contribution in [3.63, 3.8) is 0 Å². The van der Waals surface area contributed by atoms with Gasteiger partial charge >= 0.3 is 5.69 Å². The van der Waals surface area contributed by atoms with Crippen molar-refractivity contribution in [1.82, 2.24) is 19.6 Å². The van der Waals surface area contributed by atoms with Gasteiger partial charge in [-0.2, -0.15) is 9.61 Å². The number of benzene rings is 1.